The summed E-state index contributed by atoms with van der Waals surface area (Å²) in [6.07, 6.45) is -2.40. The summed E-state index contributed by atoms with van der Waals surface area (Å²) < 4.78 is 28.1. The zero-order valence-electron chi connectivity index (χ0n) is 13.1. The van der Waals surface area contributed by atoms with Crippen molar-refractivity contribution in [1.82, 2.24) is 0 Å². The molecule has 0 heterocycles. The summed E-state index contributed by atoms with van der Waals surface area (Å²) in [6, 6.07) is 1.46. The third kappa shape index (κ3) is 5.05. The first kappa shape index (κ1) is 19.6. The van der Waals surface area contributed by atoms with Gasteiger partial charge in [-0.05, 0) is 20.8 Å². The van der Waals surface area contributed by atoms with E-state index in [9.17, 15) is 24.1 Å². The SMILES string of the molecule is CCOC(=O)C(C)OC(=O)C(C)Oc1cc([N+](=O)[O-])c(F)cc1Cl. The van der Waals surface area contributed by atoms with E-state index < -0.39 is 40.6 Å². The third-order valence-corrected chi connectivity index (χ3v) is 3.04. The molecule has 0 aromatic heterocycles. The van der Waals surface area contributed by atoms with E-state index >= 15 is 0 Å². The van der Waals surface area contributed by atoms with Crippen molar-refractivity contribution in [2.75, 3.05) is 6.61 Å². The molecule has 0 spiro atoms. The van der Waals surface area contributed by atoms with Crippen LogP contribution in [0, 0.1) is 15.9 Å². The molecule has 0 aliphatic rings. The highest BCUT2D eigenvalue weighted by atomic mass is 35.5. The van der Waals surface area contributed by atoms with Crippen molar-refractivity contribution in [3.63, 3.8) is 0 Å². The van der Waals surface area contributed by atoms with Crippen LogP contribution in [-0.4, -0.2) is 35.7 Å². The molecule has 0 fully saturated rings. The zero-order valence-corrected chi connectivity index (χ0v) is 13.8. The minimum absolute atomic E-state index is 0.127. The number of benzene rings is 1. The molecule has 1 rings (SSSR count). The molecule has 0 bridgehead atoms. The average molecular weight is 364 g/mol. The Bertz CT molecular complexity index is 652. The van der Waals surface area contributed by atoms with E-state index in [1.54, 1.807) is 6.92 Å². The Kier molecular flexibility index (Phi) is 6.90. The van der Waals surface area contributed by atoms with E-state index in [4.69, 9.17) is 21.1 Å². The molecule has 2 atom stereocenters. The Morgan fingerprint density at radius 1 is 1.29 bits per heavy atom. The molecule has 132 valence electrons. The summed E-state index contributed by atoms with van der Waals surface area (Å²) in [5, 5.41) is 10.5. The molecule has 8 nitrogen and oxygen atoms in total. The van der Waals surface area contributed by atoms with Gasteiger partial charge in [0.25, 0.3) is 0 Å². The number of carbonyl (C=O) groups is 2. The summed E-state index contributed by atoms with van der Waals surface area (Å²) in [5.41, 5.74) is -0.852. The van der Waals surface area contributed by atoms with Crippen LogP contribution < -0.4 is 4.74 Å². The van der Waals surface area contributed by atoms with Crippen molar-refractivity contribution in [2.45, 2.75) is 33.0 Å². The van der Waals surface area contributed by atoms with Crippen LogP contribution in [0.5, 0.6) is 5.75 Å². The van der Waals surface area contributed by atoms with E-state index in [0.717, 1.165) is 6.07 Å². The number of hydrogen-bond acceptors (Lipinski definition) is 7. The minimum Gasteiger partial charge on any atom is -0.477 e. The van der Waals surface area contributed by atoms with E-state index in [2.05, 4.69) is 4.74 Å². The van der Waals surface area contributed by atoms with Gasteiger partial charge < -0.3 is 14.2 Å². The predicted octanol–water partition coefficient (Wildman–Crippen LogP) is 2.65. The molecule has 0 amide bonds. The first-order valence-electron chi connectivity index (χ1n) is 6.84. The fourth-order valence-corrected chi connectivity index (χ4v) is 1.76. The second-order valence-electron chi connectivity index (χ2n) is 4.58. The molecule has 0 saturated carbocycles. The summed E-state index contributed by atoms with van der Waals surface area (Å²) in [5.74, 6) is -3.05. The number of carbonyl (C=O) groups excluding carboxylic acids is 2. The van der Waals surface area contributed by atoms with E-state index in [1.165, 1.54) is 13.8 Å². The lowest BCUT2D eigenvalue weighted by Crippen LogP contribution is -2.33. The quantitative estimate of drug-likeness (QED) is 0.416. The fraction of sp³-hybridized carbons (Fsp3) is 0.429. The monoisotopic (exact) mass is 363 g/mol. The molecule has 24 heavy (non-hydrogen) atoms. The highest BCUT2D eigenvalue weighted by Gasteiger charge is 2.26. The number of esters is 2. The van der Waals surface area contributed by atoms with Crippen LogP contribution in [0.3, 0.4) is 0 Å². The van der Waals surface area contributed by atoms with Crippen molar-refractivity contribution in [3.05, 3.63) is 33.1 Å². The first-order chi connectivity index (χ1) is 11.2. The molecule has 0 aliphatic heterocycles. The number of hydrogen-bond donors (Lipinski definition) is 0. The third-order valence-electron chi connectivity index (χ3n) is 2.75. The number of halogens is 2. The highest BCUT2D eigenvalue weighted by Crippen LogP contribution is 2.32. The van der Waals surface area contributed by atoms with Gasteiger partial charge in [0.15, 0.2) is 12.2 Å². The zero-order chi connectivity index (χ0) is 18.4. The maximum Gasteiger partial charge on any atom is 0.347 e. The van der Waals surface area contributed by atoms with Gasteiger partial charge in [-0.25, -0.2) is 9.59 Å². The lowest BCUT2D eigenvalue weighted by Gasteiger charge is -2.17. The molecule has 10 heteroatoms. The smallest absolute Gasteiger partial charge is 0.347 e. The van der Waals surface area contributed by atoms with E-state index in [0.29, 0.717) is 6.07 Å². The highest BCUT2D eigenvalue weighted by molar-refractivity contribution is 6.32. The molecule has 2 unspecified atom stereocenters. The van der Waals surface area contributed by atoms with Crippen LogP contribution in [0.1, 0.15) is 20.8 Å². The van der Waals surface area contributed by atoms with Crippen molar-refractivity contribution < 1.29 is 33.1 Å². The molecular formula is C14H15ClFNO7. The standard InChI is InChI=1S/C14H15ClFNO7/c1-4-22-13(18)7(2)24-14(19)8(3)23-12-6-11(17(20)21)10(16)5-9(12)15/h5-8H,4H2,1-3H3. The van der Waals surface area contributed by atoms with Crippen LogP contribution in [0.4, 0.5) is 10.1 Å². The van der Waals surface area contributed by atoms with Crippen LogP contribution in [0.15, 0.2) is 12.1 Å². The van der Waals surface area contributed by atoms with Gasteiger partial charge in [0.1, 0.15) is 5.75 Å². The van der Waals surface area contributed by atoms with Gasteiger partial charge in [0, 0.05) is 6.07 Å². The number of rotatable bonds is 7. The van der Waals surface area contributed by atoms with Gasteiger partial charge in [-0.15, -0.1) is 0 Å². The number of nitrogens with zero attached hydrogens (tertiary/aromatic N) is 1. The minimum atomic E-state index is -1.25. The summed E-state index contributed by atoms with van der Waals surface area (Å²) >= 11 is 5.74. The van der Waals surface area contributed by atoms with Gasteiger partial charge in [-0.1, -0.05) is 11.6 Å². The molecule has 0 radical (unpaired) electrons. The Hall–Kier alpha value is -2.42. The number of nitro benzene ring substituents is 1. The van der Waals surface area contributed by atoms with Gasteiger partial charge in [-0.3, -0.25) is 10.1 Å². The molecule has 0 aliphatic carbocycles. The van der Waals surface area contributed by atoms with Crippen molar-refractivity contribution in [3.8, 4) is 5.75 Å². The van der Waals surface area contributed by atoms with Crippen molar-refractivity contribution >= 4 is 29.2 Å². The molecular weight excluding hydrogens is 349 g/mol. The van der Waals surface area contributed by atoms with E-state index in [-0.39, 0.29) is 17.4 Å². The van der Waals surface area contributed by atoms with Crippen molar-refractivity contribution in [2.24, 2.45) is 0 Å². The van der Waals surface area contributed by atoms with Gasteiger partial charge >= 0.3 is 17.6 Å². The number of ether oxygens (including phenoxy) is 3. The van der Waals surface area contributed by atoms with Gasteiger partial charge in [0.2, 0.25) is 5.82 Å². The van der Waals surface area contributed by atoms with Crippen LogP contribution in [0.25, 0.3) is 0 Å². The van der Waals surface area contributed by atoms with Crippen LogP contribution >= 0.6 is 11.6 Å². The molecule has 1 aromatic rings. The summed E-state index contributed by atoms with van der Waals surface area (Å²) in [6.45, 7) is 4.33. The van der Waals surface area contributed by atoms with Gasteiger partial charge in [-0.2, -0.15) is 4.39 Å². The summed E-state index contributed by atoms with van der Waals surface area (Å²) in [7, 11) is 0. The average Bonchev–Trinajstić information content (AvgIpc) is 2.49. The molecule has 0 N–H and O–H groups in total. The Balaban J connectivity index is 2.82. The fourth-order valence-electron chi connectivity index (χ4n) is 1.56. The predicted molar refractivity (Wildman–Crippen MR) is 80.3 cm³/mol. The topological polar surface area (TPSA) is 105 Å². The van der Waals surface area contributed by atoms with Crippen LogP contribution in [-0.2, 0) is 19.1 Å². The molecule has 1 aromatic carbocycles. The lowest BCUT2D eigenvalue weighted by atomic mass is 10.3. The first-order valence-corrected chi connectivity index (χ1v) is 7.22. The number of nitro groups is 1. The largest absolute Gasteiger partial charge is 0.477 e. The Morgan fingerprint density at radius 3 is 2.46 bits per heavy atom. The Morgan fingerprint density at radius 2 is 1.92 bits per heavy atom. The second kappa shape index (κ2) is 8.44. The van der Waals surface area contributed by atoms with Crippen molar-refractivity contribution in [1.29, 1.82) is 0 Å². The molecule has 0 saturated heterocycles. The normalized spacial score (nSPS) is 12.9. The summed E-state index contributed by atoms with van der Waals surface area (Å²) in [4.78, 5) is 33.0. The van der Waals surface area contributed by atoms with Crippen LogP contribution in [0.2, 0.25) is 5.02 Å². The Labute approximate surface area is 141 Å². The maximum absolute atomic E-state index is 13.4. The second-order valence-corrected chi connectivity index (χ2v) is 4.99. The maximum atomic E-state index is 13.4. The van der Waals surface area contributed by atoms with E-state index in [1.807, 2.05) is 0 Å². The van der Waals surface area contributed by atoms with Gasteiger partial charge in [0.05, 0.1) is 22.6 Å². The lowest BCUT2D eigenvalue weighted by molar-refractivity contribution is -0.387.